The fourth-order valence-corrected chi connectivity index (χ4v) is 3.45. The first-order valence-electron chi connectivity index (χ1n) is 7.88. The summed E-state index contributed by atoms with van der Waals surface area (Å²) in [4.78, 5) is 12.3. The molecule has 1 amide bonds. The Morgan fingerprint density at radius 1 is 1.12 bits per heavy atom. The molecule has 1 aliphatic rings. The van der Waals surface area contributed by atoms with Crippen molar-refractivity contribution in [2.45, 2.75) is 42.9 Å². The Labute approximate surface area is 140 Å². The van der Waals surface area contributed by atoms with E-state index in [1.807, 2.05) is 0 Å². The van der Waals surface area contributed by atoms with Crippen molar-refractivity contribution in [1.29, 1.82) is 0 Å². The van der Waals surface area contributed by atoms with Gasteiger partial charge in [0, 0.05) is 17.7 Å². The van der Waals surface area contributed by atoms with Gasteiger partial charge in [-0.1, -0.05) is 24.4 Å². The molecule has 7 nitrogen and oxygen atoms in total. The van der Waals surface area contributed by atoms with Crippen molar-refractivity contribution in [1.82, 2.24) is 10.2 Å². The van der Waals surface area contributed by atoms with Crippen molar-refractivity contribution >= 4 is 21.8 Å². The fourth-order valence-electron chi connectivity index (χ4n) is 2.82. The summed E-state index contributed by atoms with van der Waals surface area (Å²) in [6.07, 6.45) is 6.72. The lowest BCUT2D eigenvalue weighted by atomic mass is 9.89. The summed E-state index contributed by atoms with van der Waals surface area (Å²) < 4.78 is 28.4. The highest BCUT2D eigenvalue weighted by atomic mass is 32.2. The molecule has 0 aliphatic heterocycles. The van der Waals surface area contributed by atoms with E-state index in [2.05, 4.69) is 15.5 Å². The van der Waals surface area contributed by atoms with Crippen molar-refractivity contribution in [3.05, 3.63) is 35.7 Å². The van der Waals surface area contributed by atoms with Gasteiger partial charge in [-0.15, -0.1) is 5.10 Å². The molecule has 24 heavy (non-hydrogen) atoms. The smallest absolute Gasteiger partial charge is 0.322 e. The van der Waals surface area contributed by atoms with Crippen LogP contribution in [0.2, 0.25) is 0 Å². The first kappa shape index (κ1) is 16.6. The number of sulfone groups is 1. The van der Waals surface area contributed by atoms with Gasteiger partial charge in [-0.3, -0.25) is 10.1 Å². The van der Waals surface area contributed by atoms with Crippen LogP contribution < -0.4 is 5.32 Å². The van der Waals surface area contributed by atoms with E-state index < -0.39 is 15.7 Å². The Bertz CT molecular complexity index is 821. The maximum Gasteiger partial charge on any atom is 0.322 e. The third-order valence-corrected chi connectivity index (χ3v) is 5.29. The van der Waals surface area contributed by atoms with Crippen LogP contribution >= 0.6 is 0 Å². The monoisotopic (exact) mass is 349 g/mol. The molecule has 3 rings (SSSR count). The molecule has 1 aromatic heterocycles. The minimum atomic E-state index is -3.29. The van der Waals surface area contributed by atoms with Gasteiger partial charge in [0.15, 0.2) is 9.84 Å². The SMILES string of the molecule is CS(=O)(=O)c1ccc(C(=O)Nc2nnc(C3CCCCC3)o2)cc1. The highest BCUT2D eigenvalue weighted by Crippen LogP contribution is 2.32. The summed E-state index contributed by atoms with van der Waals surface area (Å²) in [6.45, 7) is 0. The second-order valence-corrected chi connectivity index (χ2v) is 8.05. The van der Waals surface area contributed by atoms with Gasteiger partial charge in [-0.2, -0.15) is 0 Å². The normalized spacial score (nSPS) is 16.0. The topological polar surface area (TPSA) is 102 Å². The van der Waals surface area contributed by atoms with E-state index in [1.165, 1.54) is 30.7 Å². The van der Waals surface area contributed by atoms with Crippen LogP contribution in [-0.2, 0) is 9.84 Å². The van der Waals surface area contributed by atoms with Gasteiger partial charge in [0.05, 0.1) is 4.90 Å². The van der Waals surface area contributed by atoms with Crippen molar-refractivity contribution in [3.63, 3.8) is 0 Å². The predicted molar refractivity (Wildman–Crippen MR) is 87.6 cm³/mol. The molecular formula is C16H19N3O4S. The molecule has 0 unspecified atom stereocenters. The van der Waals surface area contributed by atoms with Gasteiger partial charge >= 0.3 is 6.01 Å². The van der Waals surface area contributed by atoms with Crippen LogP contribution in [0.25, 0.3) is 0 Å². The fraction of sp³-hybridized carbons (Fsp3) is 0.438. The zero-order valence-corrected chi connectivity index (χ0v) is 14.2. The maximum absolute atomic E-state index is 12.2. The molecule has 1 aromatic carbocycles. The summed E-state index contributed by atoms with van der Waals surface area (Å²) in [6, 6.07) is 5.75. The van der Waals surface area contributed by atoms with E-state index in [1.54, 1.807) is 0 Å². The van der Waals surface area contributed by atoms with Gasteiger partial charge in [0.25, 0.3) is 5.91 Å². The average molecular weight is 349 g/mol. The van der Waals surface area contributed by atoms with Crippen LogP contribution in [0.3, 0.4) is 0 Å². The lowest BCUT2D eigenvalue weighted by Gasteiger charge is -2.17. The molecule has 1 heterocycles. The van der Waals surface area contributed by atoms with E-state index in [9.17, 15) is 13.2 Å². The van der Waals surface area contributed by atoms with Crippen LogP contribution in [-0.4, -0.2) is 30.8 Å². The van der Waals surface area contributed by atoms with Crippen molar-refractivity contribution in [2.24, 2.45) is 0 Å². The molecule has 0 radical (unpaired) electrons. The molecule has 0 saturated heterocycles. The molecular weight excluding hydrogens is 330 g/mol. The van der Waals surface area contributed by atoms with Crippen LogP contribution in [0.5, 0.6) is 0 Å². The number of nitrogens with zero attached hydrogens (tertiary/aromatic N) is 2. The van der Waals surface area contributed by atoms with Crippen LogP contribution in [0.15, 0.2) is 33.6 Å². The van der Waals surface area contributed by atoms with Crippen molar-refractivity contribution < 1.29 is 17.6 Å². The predicted octanol–water partition coefficient (Wildman–Crippen LogP) is 2.77. The molecule has 1 N–H and O–H groups in total. The molecule has 8 heteroatoms. The second kappa shape index (κ2) is 6.72. The number of hydrogen-bond acceptors (Lipinski definition) is 6. The van der Waals surface area contributed by atoms with Crippen molar-refractivity contribution in [2.75, 3.05) is 11.6 Å². The summed E-state index contributed by atoms with van der Waals surface area (Å²) in [7, 11) is -3.29. The molecule has 1 fully saturated rings. The number of amides is 1. The minimum absolute atomic E-state index is 0.0627. The molecule has 1 saturated carbocycles. The quantitative estimate of drug-likeness (QED) is 0.910. The van der Waals surface area contributed by atoms with Crippen LogP contribution in [0.4, 0.5) is 6.01 Å². The zero-order valence-electron chi connectivity index (χ0n) is 13.4. The van der Waals surface area contributed by atoms with Crippen molar-refractivity contribution in [3.8, 4) is 0 Å². The summed E-state index contributed by atoms with van der Waals surface area (Å²) >= 11 is 0. The number of carbonyl (C=O) groups is 1. The second-order valence-electron chi connectivity index (χ2n) is 6.03. The number of aromatic nitrogens is 2. The van der Waals surface area contributed by atoms with E-state index >= 15 is 0 Å². The Balaban J connectivity index is 1.67. The Morgan fingerprint density at radius 3 is 2.42 bits per heavy atom. The molecule has 2 aromatic rings. The zero-order chi connectivity index (χ0) is 17.2. The van der Waals surface area contributed by atoms with E-state index in [-0.39, 0.29) is 16.8 Å². The molecule has 0 atom stereocenters. The number of benzene rings is 1. The summed E-state index contributed by atoms with van der Waals surface area (Å²) in [5.74, 6) is 0.414. The molecule has 128 valence electrons. The molecule has 0 spiro atoms. The highest BCUT2D eigenvalue weighted by Gasteiger charge is 2.22. The molecule has 1 aliphatic carbocycles. The van der Waals surface area contributed by atoms with Gasteiger partial charge in [-0.25, -0.2) is 8.42 Å². The Hall–Kier alpha value is -2.22. The largest absolute Gasteiger partial charge is 0.408 e. The Kier molecular flexibility index (Phi) is 4.66. The third kappa shape index (κ3) is 3.81. The maximum atomic E-state index is 12.2. The lowest BCUT2D eigenvalue weighted by Crippen LogP contribution is -2.12. The number of carbonyl (C=O) groups excluding carboxylic acids is 1. The first-order valence-corrected chi connectivity index (χ1v) is 9.77. The summed E-state index contributed by atoms with van der Waals surface area (Å²) in [5, 5.41) is 10.4. The van der Waals surface area contributed by atoms with Gasteiger partial charge in [-0.05, 0) is 37.1 Å². The van der Waals surface area contributed by atoms with Crippen LogP contribution in [0.1, 0.15) is 54.3 Å². The van der Waals surface area contributed by atoms with Gasteiger partial charge in [0.1, 0.15) is 0 Å². The third-order valence-electron chi connectivity index (χ3n) is 4.16. The number of nitrogens with one attached hydrogen (secondary N) is 1. The molecule has 0 bridgehead atoms. The number of hydrogen-bond donors (Lipinski definition) is 1. The summed E-state index contributed by atoms with van der Waals surface area (Å²) in [5.41, 5.74) is 0.319. The number of rotatable bonds is 4. The van der Waals surface area contributed by atoms with E-state index in [4.69, 9.17) is 4.42 Å². The minimum Gasteiger partial charge on any atom is -0.408 e. The first-order chi connectivity index (χ1) is 11.4. The van der Waals surface area contributed by atoms with E-state index in [0.717, 1.165) is 31.9 Å². The van der Waals surface area contributed by atoms with Gasteiger partial charge in [0.2, 0.25) is 5.89 Å². The average Bonchev–Trinajstić information content (AvgIpc) is 3.03. The standard InChI is InChI=1S/C16H19N3O4S/c1-24(21,22)13-9-7-11(8-10-13)14(20)17-16-19-18-15(23-16)12-5-3-2-4-6-12/h7-10,12H,2-6H2,1H3,(H,17,19,20). The highest BCUT2D eigenvalue weighted by molar-refractivity contribution is 7.90. The number of anilines is 1. The van der Waals surface area contributed by atoms with E-state index in [0.29, 0.717) is 11.5 Å². The van der Waals surface area contributed by atoms with Crippen LogP contribution in [0, 0.1) is 0 Å². The van der Waals surface area contributed by atoms with Gasteiger partial charge < -0.3 is 4.42 Å². The Morgan fingerprint density at radius 2 is 1.79 bits per heavy atom. The lowest BCUT2D eigenvalue weighted by molar-refractivity contribution is 0.102.